The lowest BCUT2D eigenvalue weighted by molar-refractivity contribution is -0.137. The van der Waals surface area contributed by atoms with Crippen LogP contribution < -0.4 is 5.32 Å². The van der Waals surface area contributed by atoms with Crippen molar-refractivity contribution in [1.82, 2.24) is 5.32 Å². The third kappa shape index (κ3) is 4.88. The van der Waals surface area contributed by atoms with E-state index < -0.39 is 17.0 Å². The second kappa shape index (κ2) is 7.83. The van der Waals surface area contributed by atoms with Gasteiger partial charge in [0.2, 0.25) is 5.91 Å². The fourth-order valence-electron chi connectivity index (χ4n) is 2.42. The summed E-state index contributed by atoms with van der Waals surface area (Å²) in [5, 5.41) is 19.6. The number of phenols is 1. The fraction of sp³-hybridized carbons (Fsp3) is 0.167. The summed E-state index contributed by atoms with van der Waals surface area (Å²) >= 11 is 1.10. The molecule has 0 unspecified atom stereocenters. The molecule has 1 aliphatic rings. The number of halogens is 3. The van der Waals surface area contributed by atoms with E-state index in [1.807, 2.05) is 0 Å². The third-order valence-electron chi connectivity index (χ3n) is 3.73. The van der Waals surface area contributed by atoms with E-state index in [2.05, 4.69) is 15.5 Å². The topological polar surface area (TPSA) is 74.0 Å². The van der Waals surface area contributed by atoms with Gasteiger partial charge < -0.3 is 10.4 Å². The van der Waals surface area contributed by atoms with Crippen LogP contribution in [0.2, 0.25) is 0 Å². The van der Waals surface area contributed by atoms with Crippen molar-refractivity contribution in [3.05, 3.63) is 65.2 Å². The lowest BCUT2D eigenvalue weighted by Gasteiger charge is -2.10. The number of carbonyl (C=O) groups is 1. The van der Waals surface area contributed by atoms with Crippen LogP contribution in [-0.2, 0) is 17.4 Å². The number of phenolic OH excluding ortho intramolecular Hbond substituents is 1. The first-order chi connectivity index (χ1) is 12.8. The van der Waals surface area contributed by atoms with Gasteiger partial charge in [-0.1, -0.05) is 42.1 Å². The van der Waals surface area contributed by atoms with Crippen LogP contribution in [0.1, 0.15) is 16.7 Å². The number of nitrogens with one attached hydrogen (secondary N) is 1. The van der Waals surface area contributed by atoms with Crippen molar-refractivity contribution >= 4 is 29.1 Å². The molecule has 0 radical (unpaired) electrons. The van der Waals surface area contributed by atoms with Crippen LogP contribution in [0.4, 0.5) is 13.2 Å². The van der Waals surface area contributed by atoms with Crippen LogP contribution in [0, 0.1) is 0 Å². The molecule has 2 aromatic rings. The van der Waals surface area contributed by atoms with E-state index in [0.717, 1.165) is 23.9 Å². The first-order valence-corrected chi connectivity index (χ1v) is 8.73. The Labute approximate surface area is 157 Å². The highest BCUT2D eigenvalue weighted by molar-refractivity contribution is 8.15. The molecule has 1 saturated heterocycles. The summed E-state index contributed by atoms with van der Waals surface area (Å²) in [7, 11) is 0. The number of para-hydroxylation sites is 1. The average Bonchev–Trinajstić information content (AvgIpc) is 2.96. The fourth-order valence-corrected chi connectivity index (χ4v) is 3.38. The van der Waals surface area contributed by atoms with Gasteiger partial charge in [-0.2, -0.15) is 18.3 Å². The van der Waals surface area contributed by atoms with Crippen molar-refractivity contribution in [3.63, 3.8) is 0 Å². The van der Waals surface area contributed by atoms with Crippen LogP contribution in [0.3, 0.4) is 0 Å². The number of rotatable bonds is 4. The first-order valence-electron chi connectivity index (χ1n) is 7.85. The molecule has 0 saturated carbocycles. The summed E-state index contributed by atoms with van der Waals surface area (Å²) in [5.41, 5.74) is 0.137. The molecule has 27 heavy (non-hydrogen) atoms. The van der Waals surface area contributed by atoms with Gasteiger partial charge in [0.15, 0.2) is 5.17 Å². The summed E-state index contributed by atoms with van der Waals surface area (Å²) in [4.78, 5) is 12.0. The number of benzene rings is 2. The molecule has 0 bridgehead atoms. The Bertz CT molecular complexity index is 913. The predicted molar refractivity (Wildman–Crippen MR) is 97.8 cm³/mol. The van der Waals surface area contributed by atoms with E-state index in [-0.39, 0.29) is 23.2 Å². The van der Waals surface area contributed by atoms with Crippen molar-refractivity contribution in [2.45, 2.75) is 17.8 Å². The third-order valence-corrected chi connectivity index (χ3v) is 4.81. The van der Waals surface area contributed by atoms with Gasteiger partial charge >= 0.3 is 6.18 Å². The lowest BCUT2D eigenvalue weighted by atomic mass is 10.1. The van der Waals surface area contributed by atoms with Gasteiger partial charge in [0, 0.05) is 5.56 Å². The SMILES string of the molecule is O=C1N/C(=N\N=C\c2ccccc2O)S[C@H]1Cc1cccc(C(F)(F)F)c1. The van der Waals surface area contributed by atoms with E-state index in [1.54, 1.807) is 24.3 Å². The molecule has 1 aliphatic heterocycles. The van der Waals surface area contributed by atoms with Crippen LogP contribution in [-0.4, -0.2) is 27.6 Å². The minimum atomic E-state index is -4.43. The molecule has 0 aliphatic carbocycles. The zero-order valence-electron chi connectivity index (χ0n) is 13.8. The highest BCUT2D eigenvalue weighted by Crippen LogP contribution is 2.31. The van der Waals surface area contributed by atoms with Crippen molar-refractivity contribution in [1.29, 1.82) is 0 Å². The Kier molecular flexibility index (Phi) is 5.50. The average molecular weight is 393 g/mol. The van der Waals surface area contributed by atoms with E-state index in [4.69, 9.17) is 0 Å². The molecule has 3 rings (SSSR count). The lowest BCUT2D eigenvalue weighted by Crippen LogP contribution is -2.26. The van der Waals surface area contributed by atoms with E-state index in [9.17, 15) is 23.1 Å². The molecule has 1 heterocycles. The number of hydrogen-bond donors (Lipinski definition) is 2. The molecule has 1 fully saturated rings. The van der Waals surface area contributed by atoms with Crippen LogP contribution in [0.15, 0.2) is 58.7 Å². The second-order valence-electron chi connectivity index (χ2n) is 5.71. The van der Waals surface area contributed by atoms with Gasteiger partial charge in [-0.25, -0.2) is 0 Å². The summed E-state index contributed by atoms with van der Waals surface area (Å²) in [5.74, 6) is -0.291. The second-order valence-corrected chi connectivity index (χ2v) is 6.90. The number of amides is 1. The smallest absolute Gasteiger partial charge is 0.416 e. The van der Waals surface area contributed by atoms with Gasteiger partial charge in [0.25, 0.3) is 0 Å². The summed E-state index contributed by atoms with van der Waals surface area (Å²) in [6.45, 7) is 0. The van der Waals surface area contributed by atoms with Gasteiger partial charge in [0.1, 0.15) is 5.75 Å². The van der Waals surface area contributed by atoms with Crippen molar-refractivity contribution in [2.75, 3.05) is 0 Å². The molecule has 5 nitrogen and oxygen atoms in total. The summed E-state index contributed by atoms with van der Waals surface area (Å²) in [6.07, 6.45) is -2.94. The van der Waals surface area contributed by atoms with Gasteiger partial charge in [0.05, 0.1) is 17.0 Å². The summed E-state index contributed by atoms with van der Waals surface area (Å²) in [6, 6.07) is 11.5. The van der Waals surface area contributed by atoms with Crippen LogP contribution >= 0.6 is 11.8 Å². The van der Waals surface area contributed by atoms with Gasteiger partial charge in [-0.3, -0.25) is 4.79 Å². The molecular formula is C18H14F3N3O2S. The van der Waals surface area contributed by atoms with E-state index in [1.165, 1.54) is 18.3 Å². The molecule has 140 valence electrons. The number of thioether (sulfide) groups is 1. The van der Waals surface area contributed by atoms with Crippen molar-refractivity contribution in [2.24, 2.45) is 10.2 Å². The molecule has 1 amide bonds. The molecule has 2 N–H and O–H groups in total. The maximum atomic E-state index is 12.8. The standard InChI is InChI=1S/C18H14F3N3O2S/c19-18(20,21)13-6-3-4-11(8-13)9-15-16(26)23-17(27-15)24-22-10-12-5-1-2-7-14(12)25/h1-8,10,15,25H,9H2,(H,23,24,26)/b22-10+/t15-/m0/s1. The highest BCUT2D eigenvalue weighted by Gasteiger charge is 2.33. The van der Waals surface area contributed by atoms with Gasteiger partial charge in [-0.15, -0.1) is 5.10 Å². The van der Waals surface area contributed by atoms with Gasteiger partial charge in [-0.05, 0) is 30.2 Å². The number of hydrogen-bond acceptors (Lipinski definition) is 5. The summed E-state index contributed by atoms with van der Waals surface area (Å²) < 4.78 is 38.4. The first kappa shape index (κ1) is 19.0. The van der Waals surface area contributed by atoms with E-state index >= 15 is 0 Å². The van der Waals surface area contributed by atoms with Crippen LogP contribution in [0.5, 0.6) is 5.75 Å². The number of carbonyl (C=O) groups excluding carboxylic acids is 1. The maximum absolute atomic E-state index is 12.8. The van der Waals surface area contributed by atoms with Crippen LogP contribution in [0.25, 0.3) is 0 Å². The predicted octanol–water partition coefficient (Wildman–Crippen LogP) is 3.58. The van der Waals surface area contributed by atoms with Crippen molar-refractivity contribution in [3.8, 4) is 5.75 Å². The zero-order valence-corrected chi connectivity index (χ0v) is 14.6. The van der Waals surface area contributed by atoms with E-state index in [0.29, 0.717) is 11.1 Å². The molecule has 2 aromatic carbocycles. The number of alkyl halides is 3. The minimum Gasteiger partial charge on any atom is -0.507 e. The monoisotopic (exact) mass is 393 g/mol. The number of nitrogens with zero attached hydrogens (tertiary/aromatic N) is 2. The molecule has 0 spiro atoms. The molecular weight excluding hydrogens is 379 g/mol. The largest absolute Gasteiger partial charge is 0.507 e. The van der Waals surface area contributed by atoms with Crippen molar-refractivity contribution < 1.29 is 23.1 Å². The highest BCUT2D eigenvalue weighted by atomic mass is 32.2. The Balaban J connectivity index is 1.66. The zero-order chi connectivity index (χ0) is 19.4. The quantitative estimate of drug-likeness (QED) is 0.616. The Morgan fingerprint density at radius 2 is 1.96 bits per heavy atom. The number of amidine groups is 1. The minimum absolute atomic E-state index is 0.0481. The molecule has 1 atom stereocenters. The Morgan fingerprint density at radius 3 is 2.70 bits per heavy atom. The Morgan fingerprint density at radius 1 is 1.19 bits per heavy atom. The number of aromatic hydroxyl groups is 1. The molecule has 9 heteroatoms. The molecule has 0 aromatic heterocycles. The Hall–Kier alpha value is -2.81. The maximum Gasteiger partial charge on any atom is 0.416 e. The normalized spacial score (nSPS) is 19.0.